The Hall–Kier alpha value is -3.66. The summed E-state index contributed by atoms with van der Waals surface area (Å²) >= 11 is 0. The van der Waals surface area contributed by atoms with Crippen molar-refractivity contribution < 1.29 is 11.0 Å². The first-order chi connectivity index (χ1) is 20.5. The molecule has 1 radical (unpaired) electrons. The predicted molar refractivity (Wildman–Crippen MR) is 193 cm³/mol. The number of benzene rings is 2. The predicted octanol–water partition coefficient (Wildman–Crippen LogP) is 10.3. The number of allylic oxidation sites excluding steroid dienone is 6. The van der Waals surface area contributed by atoms with E-state index in [0.717, 1.165) is 31.4 Å². The van der Waals surface area contributed by atoms with Gasteiger partial charge < -0.3 is 20.6 Å². The molecule has 0 bridgehead atoms. The van der Waals surface area contributed by atoms with Crippen LogP contribution in [-0.2, 0) is 9.59 Å². The summed E-state index contributed by atoms with van der Waals surface area (Å²) in [5.41, 5.74) is 23.6. The number of nitrogens with one attached hydrogen (secondary N) is 1. The molecule has 2 atom stereocenters. The van der Waals surface area contributed by atoms with Crippen LogP contribution in [0.2, 0.25) is 0 Å². The number of hydrogen-bond donors (Lipinski definition) is 2. The molecule has 1 aliphatic heterocycles. The summed E-state index contributed by atoms with van der Waals surface area (Å²) < 4.78 is 0. The van der Waals surface area contributed by atoms with E-state index in [1.807, 2.05) is 19.6 Å². The molecule has 2 aliphatic carbocycles. The molecule has 0 amide bonds. The number of rotatable bonds is 5. The van der Waals surface area contributed by atoms with Crippen LogP contribution in [0.3, 0.4) is 0 Å². The maximum atomic E-state index is 8.00. The lowest BCUT2D eigenvalue weighted by Gasteiger charge is -2.40. The van der Waals surface area contributed by atoms with Gasteiger partial charge in [0.15, 0.2) is 0 Å². The number of nitrogen functional groups attached to an aromatic ring is 1. The molecule has 0 aromatic heterocycles. The molecule has 1 heterocycles. The SMILES string of the molecule is C.C=C.C=O.C=O.CCC1=C(C[C]2C=C2C(C)(C)C)NC2=C(CCC(c3c(C)cc(C)cc3C)C2)C1c1cccc(N)c1C.[HH]. The smallest absolute Gasteiger partial charge is 0.106 e. The van der Waals surface area contributed by atoms with Crippen LogP contribution in [0.15, 0.2) is 77.7 Å². The molecule has 4 heteroatoms. The number of aryl methyl sites for hydroxylation is 3. The molecule has 0 saturated heterocycles. The maximum Gasteiger partial charge on any atom is 0.106 e. The van der Waals surface area contributed by atoms with Gasteiger partial charge in [-0.2, -0.15) is 0 Å². The molecule has 0 fully saturated rings. The second kappa shape index (κ2) is 16.4. The summed E-state index contributed by atoms with van der Waals surface area (Å²) in [4.78, 5) is 16.0. The Bertz CT molecular complexity index is 1370. The normalized spacial score (nSPS) is 18.9. The Morgan fingerprint density at radius 2 is 1.59 bits per heavy atom. The number of dihydropyridines is 1. The Morgan fingerprint density at radius 1 is 1.00 bits per heavy atom. The first-order valence-electron chi connectivity index (χ1n) is 15.3. The fourth-order valence-corrected chi connectivity index (χ4v) is 7.25. The van der Waals surface area contributed by atoms with E-state index in [0.29, 0.717) is 11.8 Å². The molecule has 241 valence electrons. The van der Waals surface area contributed by atoms with Crippen molar-refractivity contribution in [3.63, 3.8) is 0 Å². The van der Waals surface area contributed by atoms with Gasteiger partial charge in [-0.15, -0.1) is 13.2 Å². The van der Waals surface area contributed by atoms with Crippen molar-refractivity contribution in [2.75, 3.05) is 5.73 Å². The summed E-state index contributed by atoms with van der Waals surface area (Å²) in [5, 5.41) is 4.06. The summed E-state index contributed by atoms with van der Waals surface area (Å²) in [5.74, 6) is 2.42. The van der Waals surface area contributed by atoms with Crippen LogP contribution >= 0.6 is 0 Å². The average molecular weight is 600 g/mol. The Balaban J connectivity index is 0.00000229. The third kappa shape index (κ3) is 8.08. The van der Waals surface area contributed by atoms with Gasteiger partial charge in [0.25, 0.3) is 0 Å². The molecule has 4 nitrogen and oxygen atoms in total. The highest BCUT2D eigenvalue weighted by Crippen LogP contribution is 2.53. The zero-order valence-electron chi connectivity index (χ0n) is 27.9. The average Bonchev–Trinajstić information content (AvgIpc) is 3.77. The number of carbonyl (C=O) groups excluding carboxylic acids is 2. The lowest BCUT2D eigenvalue weighted by atomic mass is 9.70. The third-order valence-electron chi connectivity index (χ3n) is 9.00. The van der Waals surface area contributed by atoms with E-state index in [1.54, 1.807) is 16.7 Å². The van der Waals surface area contributed by atoms with E-state index >= 15 is 0 Å². The van der Waals surface area contributed by atoms with Gasteiger partial charge in [-0.1, -0.05) is 76.6 Å². The lowest BCUT2D eigenvalue weighted by Crippen LogP contribution is -2.31. The third-order valence-corrected chi connectivity index (χ3v) is 9.00. The van der Waals surface area contributed by atoms with Crippen LogP contribution < -0.4 is 11.1 Å². The van der Waals surface area contributed by atoms with E-state index < -0.39 is 0 Å². The van der Waals surface area contributed by atoms with Crippen molar-refractivity contribution in [2.24, 2.45) is 5.41 Å². The fourth-order valence-electron chi connectivity index (χ4n) is 7.25. The van der Waals surface area contributed by atoms with Gasteiger partial charge in [0.1, 0.15) is 13.6 Å². The Kier molecular flexibility index (Phi) is 14.3. The van der Waals surface area contributed by atoms with Crippen molar-refractivity contribution in [3.8, 4) is 0 Å². The molecular weight excluding hydrogens is 540 g/mol. The fraction of sp³-hybridized carbons (Fsp3) is 0.425. The standard InChI is InChI=1S/C35H45N2.C2H4.2CH2O.CH4.H2/c1-9-26-31(19-25-17-29(25)35(6,7)8)37-32-18-24(33-21(3)15-20(2)16-22(33)4)13-14-28(32)34(26)27-11-10-12-30(36)23(27)5;3*1-2;;/h10-12,15-17,24,34,37H,9,13-14,18-19,36H2,1-8H3;1-2H2;2*1H2;1H4;1H. The molecule has 44 heavy (non-hydrogen) atoms. The number of hydrogen-bond acceptors (Lipinski definition) is 4. The molecular formula is C40H59N2O2. The quantitative estimate of drug-likeness (QED) is 0.265. The van der Waals surface area contributed by atoms with Gasteiger partial charge in [0.05, 0.1) is 0 Å². The molecule has 0 spiro atoms. The Labute approximate surface area is 270 Å². The summed E-state index contributed by atoms with van der Waals surface area (Å²) in [6.07, 6.45) is 7.91. The van der Waals surface area contributed by atoms with E-state index in [9.17, 15) is 0 Å². The van der Waals surface area contributed by atoms with E-state index in [4.69, 9.17) is 15.3 Å². The van der Waals surface area contributed by atoms with Crippen molar-refractivity contribution in [3.05, 3.63) is 117 Å². The molecule has 2 aromatic rings. The van der Waals surface area contributed by atoms with Gasteiger partial charge in [-0.25, -0.2) is 0 Å². The van der Waals surface area contributed by atoms with Crippen molar-refractivity contribution in [2.45, 2.75) is 107 Å². The van der Waals surface area contributed by atoms with Crippen LogP contribution in [0.4, 0.5) is 5.69 Å². The monoisotopic (exact) mass is 599 g/mol. The van der Waals surface area contributed by atoms with Crippen LogP contribution in [-0.4, -0.2) is 13.6 Å². The molecule has 2 unspecified atom stereocenters. The first-order valence-corrected chi connectivity index (χ1v) is 15.3. The largest absolute Gasteiger partial charge is 0.399 e. The van der Waals surface area contributed by atoms with Gasteiger partial charge in [-0.3, -0.25) is 0 Å². The first kappa shape index (κ1) is 38.4. The molecule has 3 N–H and O–H groups in total. The van der Waals surface area contributed by atoms with Gasteiger partial charge >= 0.3 is 0 Å². The number of nitrogens with two attached hydrogens (primary N) is 1. The second-order valence-electron chi connectivity index (χ2n) is 12.7. The van der Waals surface area contributed by atoms with Crippen LogP contribution in [0.5, 0.6) is 0 Å². The number of carbonyl (C=O) groups is 2. The van der Waals surface area contributed by atoms with Gasteiger partial charge in [0, 0.05) is 36.8 Å². The van der Waals surface area contributed by atoms with E-state index in [2.05, 4.69) is 104 Å². The number of anilines is 1. The van der Waals surface area contributed by atoms with Crippen LogP contribution in [0, 0.1) is 39.0 Å². The highest BCUT2D eigenvalue weighted by molar-refractivity contribution is 5.60. The van der Waals surface area contributed by atoms with Crippen molar-refractivity contribution >= 4 is 19.3 Å². The lowest BCUT2D eigenvalue weighted by molar-refractivity contribution is -0.0987. The van der Waals surface area contributed by atoms with E-state index in [1.165, 1.54) is 57.1 Å². The summed E-state index contributed by atoms with van der Waals surface area (Å²) in [6, 6.07) is 11.2. The minimum atomic E-state index is 0. The van der Waals surface area contributed by atoms with Gasteiger partial charge in [-0.05, 0) is 110 Å². The highest BCUT2D eigenvalue weighted by Gasteiger charge is 2.39. The van der Waals surface area contributed by atoms with E-state index in [-0.39, 0.29) is 14.3 Å². The molecule has 2 aromatic carbocycles. The zero-order valence-corrected chi connectivity index (χ0v) is 27.9. The minimum absolute atomic E-state index is 0. The highest BCUT2D eigenvalue weighted by atomic mass is 16.1. The molecule has 0 saturated carbocycles. The molecule has 5 rings (SSSR count). The zero-order chi connectivity index (χ0) is 32.6. The minimum Gasteiger partial charge on any atom is -0.399 e. The second-order valence-corrected chi connectivity index (χ2v) is 12.7. The van der Waals surface area contributed by atoms with Gasteiger partial charge in [0.2, 0.25) is 0 Å². The van der Waals surface area contributed by atoms with Crippen molar-refractivity contribution in [1.29, 1.82) is 0 Å². The Morgan fingerprint density at radius 3 is 2.11 bits per heavy atom. The topological polar surface area (TPSA) is 72.2 Å². The summed E-state index contributed by atoms with van der Waals surface area (Å²) in [7, 11) is 0. The molecule has 3 aliphatic rings. The van der Waals surface area contributed by atoms with Crippen molar-refractivity contribution in [1.82, 2.24) is 5.32 Å². The maximum absolute atomic E-state index is 8.00. The van der Waals surface area contributed by atoms with Crippen LogP contribution in [0.1, 0.15) is 114 Å². The van der Waals surface area contributed by atoms with Crippen LogP contribution in [0.25, 0.3) is 0 Å². The summed E-state index contributed by atoms with van der Waals surface area (Å²) in [6.45, 7) is 28.3.